The second-order valence-electron chi connectivity index (χ2n) is 5.86. The van der Waals surface area contributed by atoms with Crippen LogP contribution in [0.3, 0.4) is 0 Å². The summed E-state index contributed by atoms with van der Waals surface area (Å²) in [6.45, 7) is 4.82. The summed E-state index contributed by atoms with van der Waals surface area (Å²) in [5, 5.41) is 9.39. The second-order valence-corrected chi connectivity index (χ2v) is 5.86. The molecule has 4 nitrogen and oxygen atoms in total. The Labute approximate surface area is 119 Å². The number of carboxylic acids is 1. The number of carboxylic acid groups (broad SMARTS) is 1. The molecular weight excluding hydrogens is 254 g/mol. The van der Waals surface area contributed by atoms with Crippen LogP contribution in [0.25, 0.3) is 0 Å². The van der Waals surface area contributed by atoms with Gasteiger partial charge in [0, 0.05) is 25.4 Å². The topological polar surface area (TPSA) is 57.6 Å². The average Bonchev–Trinajstić information content (AvgIpc) is 2.84. The quantitative estimate of drug-likeness (QED) is 0.917. The minimum Gasteiger partial charge on any atom is -0.481 e. The summed E-state index contributed by atoms with van der Waals surface area (Å²) in [6, 6.07) is 9.61. The number of likely N-dealkylation sites (tertiary alicyclic amines) is 1. The lowest BCUT2D eigenvalue weighted by atomic mass is 9.89. The van der Waals surface area contributed by atoms with Crippen LogP contribution in [0.15, 0.2) is 30.3 Å². The molecule has 0 radical (unpaired) electrons. The molecule has 1 aliphatic rings. The van der Waals surface area contributed by atoms with Gasteiger partial charge in [-0.3, -0.25) is 9.59 Å². The van der Waals surface area contributed by atoms with E-state index in [9.17, 15) is 14.7 Å². The van der Waals surface area contributed by atoms with Gasteiger partial charge in [-0.05, 0) is 11.5 Å². The van der Waals surface area contributed by atoms with Crippen molar-refractivity contribution in [1.82, 2.24) is 4.90 Å². The largest absolute Gasteiger partial charge is 0.481 e. The smallest absolute Gasteiger partial charge is 0.308 e. The molecule has 0 unspecified atom stereocenters. The molecule has 4 heteroatoms. The van der Waals surface area contributed by atoms with E-state index in [1.165, 1.54) is 0 Å². The highest BCUT2D eigenvalue weighted by molar-refractivity contribution is 5.79. The third-order valence-corrected chi connectivity index (χ3v) is 3.80. The number of carbonyl (C=O) groups is 2. The Balaban J connectivity index is 2.16. The van der Waals surface area contributed by atoms with E-state index in [-0.39, 0.29) is 11.8 Å². The zero-order valence-corrected chi connectivity index (χ0v) is 12.0. The summed E-state index contributed by atoms with van der Waals surface area (Å²) < 4.78 is 0. The first-order valence-corrected chi connectivity index (χ1v) is 7.04. The fraction of sp³-hybridized carbons (Fsp3) is 0.500. The number of rotatable bonds is 4. The Bertz CT molecular complexity index is 484. The molecule has 0 aromatic heterocycles. The summed E-state index contributed by atoms with van der Waals surface area (Å²) >= 11 is 0. The molecule has 0 saturated carbocycles. The SMILES string of the molecule is CC(C)CC(=O)N1C[C@H](C(=O)O)[C@H](c2ccccc2)C1. The van der Waals surface area contributed by atoms with Crippen LogP contribution in [0.4, 0.5) is 0 Å². The molecule has 1 heterocycles. The Morgan fingerprint density at radius 2 is 1.90 bits per heavy atom. The zero-order chi connectivity index (χ0) is 14.7. The number of amides is 1. The van der Waals surface area contributed by atoms with Gasteiger partial charge in [0.2, 0.25) is 5.91 Å². The van der Waals surface area contributed by atoms with Gasteiger partial charge in [-0.15, -0.1) is 0 Å². The maximum atomic E-state index is 12.1. The summed E-state index contributed by atoms with van der Waals surface area (Å²) in [5.74, 6) is -1.08. The third kappa shape index (κ3) is 3.18. The highest BCUT2D eigenvalue weighted by Gasteiger charge is 2.40. The van der Waals surface area contributed by atoms with Crippen LogP contribution in [-0.4, -0.2) is 35.0 Å². The maximum Gasteiger partial charge on any atom is 0.308 e. The normalized spacial score (nSPS) is 22.2. The molecule has 20 heavy (non-hydrogen) atoms. The number of benzene rings is 1. The van der Waals surface area contributed by atoms with Crippen molar-refractivity contribution >= 4 is 11.9 Å². The van der Waals surface area contributed by atoms with E-state index in [0.717, 1.165) is 5.56 Å². The molecule has 108 valence electrons. The fourth-order valence-electron chi connectivity index (χ4n) is 2.77. The molecule has 0 aliphatic carbocycles. The standard InChI is InChI=1S/C16H21NO3/c1-11(2)8-15(18)17-9-13(14(10-17)16(19)20)12-6-4-3-5-7-12/h3-7,11,13-14H,8-10H2,1-2H3,(H,19,20)/t13-,14-/m0/s1. The molecule has 1 aromatic rings. The molecule has 1 fully saturated rings. The van der Waals surface area contributed by atoms with Gasteiger partial charge in [0.25, 0.3) is 0 Å². The minimum atomic E-state index is -0.821. The first-order valence-electron chi connectivity index (χ1n) is 7.04. The number of aliphatic carboxylic acids is 1. The van der Waals surface area contributed by atoms with Crippen LogP contribution in [0.1, 0.15) is 31.7 Å². The predicted octanol–water partition coefficient (Wildman–Crippen LogP) is 2.36. The average molecular weight is 275 g/mol. The van der Waals surface area contributed by atoms with Crippen molar-refractivity contribution in [1.29, 1.82) is 0 Å². The van der Waals surface area contributed by atoms with Crippen LogP contribution in [-0.2, 0) is 9.59 Å². The summed E-state index contributed by atoms with van der Waals surface area (Å²) in [7, 11) is 0. The van der Waals surface area contributed by atoms with Crippen molar-refractivity contribution in [2.45, 2.75) is 26.2 Å². The molecule has 1 aliphatic heterocycles. The Morgan fingerprint density at radius 3 is 2.45 bits per heavy atom. The van der Waals surface area contributed by atoms with Crippen LogP contribution >= 0.6 is 0 Å². The first kappa shape index (κ1) is 14.6. The van der Waals surface area contributed by atoms with E-state index < -0.39 is 11.9 Å². The third-order valence-electron chi connectivity index (χ3n) is 3.80. The number of hydrogen-bond acceptors (Lipinski definition) is 2. The number of hydrogen-bond donors (Lipinski definition) is 1. The van der Waals surface area contributed by atoms with Gasteiger partial charge in [0.15, 0.2) is 0 Å². The predicted molar refractivity (Wildman–Crippen MR) is 76.3 cm³/mol. The Morgan fingerprint density at radius 1 is 1.25 bits per heavy atom. The van der Waals surface area contributed by atoms with Gasteiger partial charge >= 0.3 is 5.97 Å². The lowest BCUT2D eigenvalue weighted by Crippen LogP contribution is -2.30. The maximum absolute atomic E-state index is 12.1. The Kier molecular flexibility index (Phi) is 4.42. The van der Waals surface area contributed by atoms with Crippen LogP contribution in [0.5, 0.6) is 0 Å². The van der Waals surface area contributed by atoms with Crippen LogP contribution < -0.4 is 0 Å². The van der Waals surface area contributed by atoms with Gasteiger partial charge in [0.05, 0.1) is 5.92 Å². The van der Waals surface area contributed by atoms with Crippen molar-refractivity contribution in [2.24, 2.45) is 11.8 Å². The van der Waals surface area contributed by atoms with Crippen LogP contribution in [0.2, 0.25) is 0 Å². The van der Waals surface area contributed by atoms with Crippen molar-refractivity contribution in [2.75, 3.05) is 13.1 Å². The molecule has 0 bridgehead atoms. The van der Waals surface area contributed by atoms with Crippen LogP contribution in [0, 0.1) is 11.8 Å². The van der Waals surface area contributed by atoms with E-state index in [1.807, 2.05) is 44.2 Å². The van der Waals surface area contributed by atoms with Gasteiger partial charge < -0.3 is 10.0 Å². The van der Waals surface area contributed by atoms with Crippen molar-refractivity contribution in [3.63, 3.8) is 0 Å². The molecule has 2 atom stereocenters. The second kappa shape index (κ2) is 6.07. The fourth-order valence-corrected chi connectivity index (χ4v) is 2.77. The lowest BCUT2D eigenvalue weighted by Gasteiger charge is -2.17. The van der Waals surface area contributed by atoms with Gasteiger partial charge in [-0.2, -0.15) is 0 Å². The van der Waals surface area contributed by atoms with E-state index in [0.29, 0.717) is 25.4 Å². The highest BCUT2D eigenvalue weighted by atomic mass is 16.4. The summed E-state index contributed by atoms with van der Waals surface area (Å²) in [6.07, 6.45) is 0.480. The summed E-state index contributed by atoms with van der Waals surface area (Å²) in [4.78, 5) is 25.3. The molecule has 0 spiro atoms. The molecule has 1 amide bonds. The number of carbonyl (C=O) groups excluding carboxylic acids is 1. The minimum absolute atomic E-state index is 0.0599. The number of nitrogens with zero attached hydrogens (tertiary/aromatic N) is 1. The van der Waals surface area contributed by atoms with Crippen molar-refractivity contribution in [3.05, 3.63) is 35.9 Å². The highest BCUT2D eigenvalue weighted by Crippen LogP contribution is 2.33. The van der Waals surface area contributed by atoms with E-state index in [1.54, 1.807) is 4.90 Å². The van der Waals surface area contributed by atoms with Gasteiger partial charge in [0.1, 0.15) is 0 Å². The molecule has 1 saturated heterocycles. The van der Waals surface area contributed by atoms with E-state index >= 15 is 0 Å². The molecule has 1 aromatic carbocycles. The molecule has 1 N–H and O–H groups in total. The lowest BCUT2D eigenvalue weighted by molar-refractivity contribution is -0.141. The van der Waals surface area contributed by atoms with Crippen molar-refractivity contribution < 1.29 is 14.7 Å². The zero-order valence-electron chi connectivity index (χ0n) is 12.0. The molecule has 2 rings (SSSR count). The summed E-state index contributed by atoms with van der Waals surface area (Å²) in [5.41, 5.74) is 1.000. The van der Waals surface area contributed by atoms with E-state index in [4.69, 9.17) is 0 Å². The Hall–Kier alpha value is -1.84. The van der Waals surface area contributed by atoms with Gasteiger partial charge in [-0.1, -0.05) is 44.2 Å². The van der Waals surface area contributed by atoms with Gasteiger partial charge in [-0.25, -0.2) is 0 Å². The monoisotopic (exact) mass is 275 g/mol. The first-order chi connectivity index (χ1) is 9.49. The van der Waals surface area contributed by atoms with Crippen molar-refractivity contribution in [3.8, 4) is 0 Å². The van der Waals surface area contributed by atoms with E-state index in [2.05, 4.69) is 0 Å². The molecular formula is C16H21NO3.